The van der Waals surface area contributed by atoms with Crippen LogP contribution in [0, 0.1) is 0 Å². The Morgan fingerprint density at radius 3 is 1.26 bits per heavy atom. The van der Waals surface area contributed by atoms with Gasteiger partial charge in [-0.1, -0.05) is 62.4 Å². The normalized spacial score (nSPS) is 15.8. The Hall–Kier alpha value is -3.78. The zero-order chi connectivity index (χ0) is 21.1. The molecule has 0 unspecified atom stereocenters. The first-order chi connectivity index (χ1) is 15.0. The summed E-state index contributed by atoms with van der Waals surface area (Å²) < 4.78 is 0. The highest BCUT2D eigenvalue weighted by Gasteiger charge is 2.41. The van der Waals surface area contributed by atoms with Gasteiger partial charge in [-0.05, 0) is 68.8 Å². The van der Waals surface area contributed by atoms with Gasteiger partial charge in [-0.3, -0.25) is 9.59 Å². The standard InChI is InChI=1S/C29H18O2/c1-29(2)25-13-19-15-7-3-5-9-17(15)27(30)23(19)11-21(25)22-12-24-20(14-26(22)29)16-8-4-6-10-18(16)28(24)31/h3-14H,1-2H3. The Morgan fingerprint density at radius 1 is 0.452 bits per heavy atom. The summed E-state index contributed by atoms with van der Waals surface area (Å²) in [5.74, 6) is 0.175. The third-order valence-electron chi connectivity index (χ3n) is 7.37. The summed E-state index contributed by atoms with van der Waals surface area (Å²) in [6.07, 6.45) is 0. The molecule has 0 saturated heterocycles. The molecule has 0 aliphatic heterocycles. The molecule has 0 spiro atoms. The van der Waals surface area contributed by atoms with Crippen LogP contribution in [0.4, 0.5) is 0 Å². The first-order valence-corrected chi connectivity index (χ1v) is 10.6. The lowest BCUT2D eigenvalue weighted by Crippen LogP contribution is -2.15. The van der Waals surface area contributed by atoms with E-state index in [1.165, 1.54) is 11.1 Å². The van der Waals surface area contributed by atoms with Crippen LogP contribution in [-0.4, -0.2) is 11.6 Å². The summed E-state index contributed by atoms with van der Waals surface area (Å²) in [7, 11) is 0. The highest BCUT2D eigenvalue weighted by molar-refractivity contribution is 6.24. The van der Waals surface area contributed by atoms with Gasteiger partial charge in [0.15, 0.2) is 11.6 Å². The fourth-order valence-electron chi connectivity index (χ4n) is 5.77. The maximum absolute atomic E-state index is 13.1. The van der Waals surface area contributed by atoms with Crippen LogP contribution in [0.3, 0.4) is 0 Å². The number of ketones is 2. The first-order valence-electron chi connectivity index (χ1n) is 10.6. The van der Waals surface area contributed by atoms with Crippen molar-refractivity contribution in [1.82, 2.24) is 0 Å². The van der Waals surface area contributed by atoms with Gasteiger partial charge in [-0.2, -0.15) is 0 Å². The predicted octanol–water partition coefficient (Wildman–Crippen LogP) is 6.42. The van der Waals surface area contributed by atoms with Gasteiger partial charge in [0.05, 0.1) is 0 Å². The average molecular weight is 398 g/mol. The largest absolute Gasteiger partial charge is 0.289 e. The molecule has 0 heterocycles. The Bertz CT molecular complexity index is 1420. The Morgan fingerprint density at radius 2 is 0.839 bits per heavy atom. The Kier molecular flexibility index (Phi) is 2.89. The van der Waals surface area contributed by atoms with Crippen LogP contribution >= 0.6 is 0 Å². The zero-order valence-electron chi connectivity index (χ0n) is 17.2. The number of rotatable bonds is 0. The van der Waals surface area contributed by atoms with E-state index in [-0.39, 0.29) is 17.0 Å². The summed E-state index contributed by atoms with van der Waals surface area (Å²) in [4.78, 5) is 26.2. The van der Waals surface area contributed by atoms with Crippen molar-refractivity contribution in [2.75, 3.05) is 0 Å². The number of carbonyl (C=O) groups is 2. The van der Waals surface area contributed by atoms with E-state index in [0.717, 1.165) is 55.6 Å². The fourth-order valence-corrected chi connectivity index (χ4v) is 5.77. The summed E-state index contributed by atoms with van der Waals surface area (Å²) in [5.41, 5.74) is 11.5. The molecule has 4 aromatic carbocycles. The van der Waals surface area contributed by atoms with Crippen molar-refractivity contribution in [2.24, 2.45) is 0 Å². The number of fused-ring (bicyclic) bond motifs is 9. The van der Waals surface area contributed by atoms with E-state index in [2.05, 4.69) is 38.1 Å². The molecule has 3 aliphatic rings. The van der Waals surface area contributed by atoms with Crippen LogP contribution in [0.2, 0.25) is 0 Å². The number of hydrogen-bond acceptors (Lipinski definition) is 2. The van der Waals surface area contributed by atoms with Crippen LogP contribution in [0.25, 0.3) is 33.4 Å². The topological polar surface area (TPSA) is 34.1 Å². The van der Waals surface area contributed by atoms with E-state index < -0.39 is 0 Å². The second-order valence-electron chi connectivity index (χ2n) is 9.26. The molecule has 0 N–H and O–H groups in total. The van der Waals surface area contributed by atoms with E-state index in [4.69, 9.17) is 0 Å². The smallest absolute Gasteiger partial charge is 0.194 e. The van der Waals surface area contributed by atoms with Crippen molar-refractivity contribution in [3.8, 4) is 33.4 Å². The van der Waals surface area contributed by atoms with Gasteiger partial charge in [-0.15, -0.1) is 0 Å². The fraction of sp³-hybridized carbons (Fsp3) is 0.103. The highest BCUT2D eigenvalue weighted by Crippen LogP contribution is 2.54. The van der Waals surface area contributed by atoms with Gasteiger partial charge >= 0.3 is 0 Å². The second-order valence-corrected chi connectivity index (χ2v) is 9.26. The van der Waals surface area contributed by atoms with Gasteiger partial charge in [0, 0.05) is 27.7 Å². The zero-order valence-corrected chi connectivity index (χ0v) is 17.2. The van der Waals surface area contributed by atoms with Crippen LogP contribution in [0.15, 0.2) is 72.8 Å². The molecule has 0 saturated carbocycles. The van der Waals surface area contributed by atoms with Crippen LogP contribution < -0.4 is 0 Å². The van der Waals surface area contributed by atoms with Gasteiger partial charge in [0.1, 0.15) is 0 Å². The maximum Gasteiger partial charge on any atom is 0.194 e. The average Bonchev–Trinajstić information content (AvgIpc) is 3.32. The molecule has 4 aromatic rings. The van der Waals surface area contributed by atoms with Crippen LogP contribution in [0.1, 0.15) is 56.8 Å². The highest BCUT2D eigenvalue weighted by atomic mass is 16.1. The molecule has 7 rings (SSSR count). The molecular weight excluding hydrogens is 380 g/mol. The van der Waals surface area contributed by atoms with Gasteiger partial charge in [-0.25, -0.2) is 0 Å². The van der Waals surface area contributed by atoms with E-state index in [0.29, 0.717) is 0 Å². The molecule has 146 valence electrons. The maximum atomic E-state index is 13.1. The van der Waals surface area contributed by atoms with Crippen molar-refractivity contribution in [2.45, 2.75) is 19.3 Å². The number of benzene rings is 4. The molecular formula is C29H18O2. The number of carbonyl (C=O) groups excluding carboxylic acids is 2. The van der Waals surface area contributed by atoms with Crippen LogP contribution in [-0.2, 0) is 5.41 Å². The van der Waals surface area contributed by atoms with Gasteiger partial charge in [0.2, 0.25) is 0 Å². The summed E-state index contributed by atoms with van der Waals surface area (Å²) >= 11 is 0. The lowest BCUT2D eigenvalue weighted by molar-refractivity contribution is 0.103. The molecule has 0 radical (unpaired) electrons. The molecule has 3 aliphatic carbocycles. The van der Waals surface area contributed by atoms with Crippen molar-refractivity contribution >= 4 is 11.6 Å². The molecule has 0 amide bonds. The second kappa shape index (κ2) is 5.28. The minimum atomic E-state index is -0.212. The summed E-state index contributed by atoms with van der Waals surface area (Å²) in [5, 5.41) is 0. The lowest BCUT2D eigenvalue weighted by atomic mass is 9.80. The van der Waals surface area contributed by atoms with Gasteiger partial charge in [0.25, 0.3) is 0 Å². The first kappa shape index (κ1) is 17.0. The van der Waals surface area contributed by atoms with E-state index >= 15 is 0 Å². The summed E-state index contributed by atoms with van der Waals surface area (Å²) in [6.45, 7) is 4.48. The molecule has 0 fully saturated rings. The minimum Gasteiger partial charge on any atom is -0.289 e. The van der Waals surface area contributed by atoms with Gasteiger partial charge < -0.3 is 0 Å². The number of hydrogen-bond donors (Lipinski definition) is 0. The molecule has 2 heteroatoms. The molecule has 0 atom stereocenters. The lowest BCUT2D eigenvalue weighted by Gasteiger charge is -2.22. The van der Waals surface area contributed by atoms with Crippen molar-refractivity contribution in [3.05, 3.63) is 106 Å². The van der Waals surface area contributed by atoms with Crippen molar-refractivity contribution in [1.29, 1.82) is 0 Å². The van der Waals surface area contributed by atoms with Crippen molar-refractivity contribution in [3.63, 3.8) is 0 Å². The van der Waals surface area contributed by atoms with Crippen LogP contribution in [0.5, 0.6) is 0 Å². The molecule has 2 nitrogen and oxygen atoms in total. The molecule has 0 aromatic heterocycles. The minimum absolute atomic E-state index is 0.0873. The van der Waals surface area contributed by atoms with E-state index in [9.17, 15) is 9.59 Å². The predicted molar refractivity (Wildman–Crippen MR) is 122 cm³/mol. The third-order valence-corrected chi connectivity index (χ3v) is 7.37. The third kappa shape index (κ3) is 1.89. The van der Waals surface area contributed by atoms with Crippen molar-refractivity contribution < 1.29 is 9.59 Å². The van der Waals surface area contributed by atoms with E-state index in [1.807, 2.05) is 48.5 Å². The van der Waals surface area contributed by atoms with E-state index in [1.54, 1.807) is 0 Å². The molecule has 31 heavy (non-hydrogen) atoms. The Labute approximate surface area is 180 Å². The monoisotopic (exact) mass is 398 g/mol. The summed E-state index contributed by atoms with van der Waals surface area (Å²) in [6, 6.07) is 24.2. The SMILES string of the molecule is CC1(C)c2cc3c(cc2-c2cc4c(cc21)-c1ccccc1C4=O)C(=O)c1ccccc1-3. The quantitative estimate of drug-likeness (QED) is 0.296. The molecule has 0 bridgehead atoms. The Balaban J connectivity index is 1.51.